The summed E-state index contributed by atoms with van der Waals surface area (Å²) in [6.07, 6.45) is 6.11. The Morgan fingerprint density at radius 2 is 1.61 bits per heavy atom. The van der Waals surface area contributed by atoms with Crippen molar-refractivity contribution in [3.05, 3.63) is 117 Å². The number of hydrogen-bond donors (Lipinski definition) is 1. The number of anilines is 2. The van der Waals surface area contributed by atoms with E-state index in [0.29, 0.717) is 28.9 Å². The smallest absolute Gasteiger partial charge is 0.329 e. The maximum atomic E-state index is 14.0. The molecule has 13 heteroatoms. The molecule has 0 bridgehead atoms. The summed E-state index contributed by atoms with van der Waals surface area (Å²) in [5, 5.41) is 3.01. The minimum atomic E-state index is -0.676. The molecule has 2 fully saturated rings. The van der Waals surface area contributed by atoms with Crippen molar-refractivity contribution >= 4 is 51.7 Å². The van der Waals surface area contributed by atoms with Crippen LogP contribution in [0.25, 0.3) is 11.0 Å². The first-order valence-corrected chi connectivity index (χ1v) is 22.3. The molecule has 4 aromatic carbocycles. The number of rotatable bonds is 14. The molecule has 0 spiro atoms. The van der Waals surface area contributed by atoms with Crippen molar-refractivity contribution in [3.63, 3.8) is 0 Å². The SMILES string of the molecule is COc1cc2c(cc1OC(C)C)[C@H](c1ccc(Cl)cc1)N(c1ccc(N(C)CC3CCN(CCCCc4ccc5c(c4)n(C)c(=O)n5C4CCC(=O)NC4=O)CC3)cc1)C(=O)C2. The van der Waals surface area contributed by atoms with Gasteiger partial charge in [-0.1, -0.05) is 29.8 Å². The zero-order valence-corrected chi connectivity index (χ0v) is 37.1. The first-order valence-electron chi connectivity index (χ1n) is 21.9. The molecule has 3 aliphatic rings. The maximum Gasteiger partial charge on any atom is 0.329 e. The largest absolute Gasteiger partial charge is 0.493 e. The van der Waals surface area contributed by atoms with Crippen LogP contribution in [0.1, 0.15) is 86.7 Å². The summed E-state index contributed by atoms with van der Waals surface area (Å²) in [6, 6.07) is 25.1. The number of carbonyl (C=O) groups is 3. The predicted octanol–water partition coefficient (Wildman–Crippen LogP) is 7.62. The number of halogens is 1. The second-order valence-corrected chi connectivity index (χ2v) is 17.8. The average Bonchev–Trinajstić information content (AvgIpc) is 3.50. The van der Waals surface area contributed by atoms with E-state index >= 15 is 0 Å². The summed E-state index contributed by atoms with van der Waals surface area (Å²) in [7, 11) is 5.52. The number of ether oxygens (including phenoxy) is 2. The second kappa shape index (κ2) is 18.4. The summed E-state index contributed by atoms with van der Waals surface area (Å²) < 4.78 is 15.0. The van der Waals surface area contributed by atoms with Crippen LogP contribution in [0.3, 0.4) is 0 Å². The van der Waals surface area contributed by atoms with Crippen LogP contribution in [0.5, 0.6) is 11.5 Å². The summed E-state index contributed by atoms with van der Waals surface area (Å²) in [6.45, 7) is 8.17. The molecule has 3 aliphatic heterocycles. The fourth-order valence-electron chi connectivity index (χ4n) is 9.54. The van der Waals surface area contributed by atoms with E-state index in [1.54, 1.807) is 18.7 Å². The number of aryl methyl sites for hydroxylation is 2. The fraction of sp³-hybridized carbons (Fsp3) is 0.429. The molecule has 0 aliphatic carbocycles. The molecule has 326 valence electrons. The Morgan fingerprint density at radius 3 is 2.31 bits per heavy atom. The van der Waals surface area contributed by atoms with Crippen molar-refractivity contribution in [2.24, 2.45) is 13.0 Å². The van der Waals surface area contributed by atoms with Gasteiger partial charge in [0.25, 0.3) is 0 Å². The number of hydrogen-bond acceptors (Lipinski definition) is 8. The third-order valence-electron chi connectivity index (χ3n) is 12.8. The van der Waals surface area contributed by atoms with Crippen LogP contribution in [0, 0.1) is 5.92 Å². The van der Waals surface area contributed by atoms with Crippen molar-refractivity contribution in [3.8, 4) is 11.5 Å². The van der Waals surface area contributed by atoms with Gasteiger partial charge in [-0.2, -0.15) is 0 Å². The molecule has 5 aromatic rings. The predicted molar refractivity (Wildman–Crippen MR) is 244 cm³/mol. The van der Waals surface area contributed by atoms with Gasteiger partial charge in [-0.25, -0.2) is 4.79 Å². The number of nitrogens with zero attached hydrogens (tertiary/aromatic N) is 5. The highest BCUT2D eigenvalue weighted by atomic mass is 35.5. The Hall–Kier alpha value is -5.59. The quantitative estimate of drug-likeness (QED) is 0.0896. The van der Waals surface area contributed by atoms with E-state index in [1.807, 2.05) is 61.2 Å². The summed E-state index contributed by atoms with van der Waals surface area (Å²) >= 11 is 6.32. The number of carbonyl (C=O) groups excluding carboxylic acids is 3. The molecule has 1 aromatic heterocycles. The molecule has 2 atom stereocenters. The lowest BCUT2D eigenvalue weighted by Crippen LogP contribution is -2.44. The van der Waals surface area contributed by atoms with Gasteiger partial charge < -0.3 is 24.2 Å². The Bertz CT molecular complexity index is 2510. The minimum Gasteiger partial charge on any atom is -0.493 e. The Kier molecular flexibility index (Phi) is 12.8. The number of imide groups is 1. The van der Waals surface area contributed by atoms with Crippen molar-refractivity contribution in [1.29, 1.82) is 0 Å². The molecule has 0 saturated carbocycles. The lowest BCUT2D eigenvalue weighted by molar-refractivity contribution is -0.135. The van der Waals surface area contributed by atoms with Gasteiger partial charge in [-0.05, 0) is 161 Å². The highest BCUT2D eigenvalue weighted by molar-refractivity contribution is 6.30. The number of methoxy groups -OCH3 is 1. The van der Waals surface area contributed by atoms with Crippen LogP contribution in [-0.4, -0.2) is 78.2 Å². The van der Waals surface area contributed by atoms with E-state index < -0.39 is 11.9 Å². The maximum absolute atomic E-state index is 14.0. The number of unbranched alkanes of at least 4 members (excludes halogenated alkanes) is 1. The number of amides is 3. The van der Waals surface area contributed by atoms with Crippen LogP contribution in [0.15, 0.2) is 83.7 Å². The molecule has 1 N–H and O–H groups in total. The Morgan fingerprint density at radius 1 is 0.871 bits per heavy atom. The standard InChI is InChI=1S/C49H57ClN6O6/c1-31(2)62-44-29-39-35(27-43(44)61-5)28-46(58)55(47(39)34-10-12-36(50)13-11-34)38-16-14-37(15-17-38)52(3)30-33-21-24-54(25-22-33)23-7-6-8-32-9-18-40-42(26-32)53(4)49(60)56(40)41-19-20-45(57)51-48(41)59/h9-18,26-27,29,31,33,41,47H,6-8,19-25,28,30H2,1-5H3,(H,51,57,59)/t41?,47-/m0/s1. The fourth-order valence-corrected chi connectivity index (χ4v) is 9.67. The highest BCUT2D eigenvalue weighted by Crippen LogP contribution is 2.44. The molecular formula is C49H57ClN6O6. The third kappa shape index (κ3) is 8.99. The van der Waals surface area contributed by atoms with E-state index in [1.165, 1.54) is 10.1 Å². The topological polar surface area (TPSA) is 118 Å². The number of nitrogens with one attached hydrogen (secondary N) is 1. The Labute approximate surface area is 368 Å². The van der Waals surface area contributed by atoms with Crippen molar-refractivity contribution < 1.29 is 23.9 Å². The van der Waals surface area contributed by atoms with E-state index in [-0.39, 0.29) is 42.5 Å². The lowest BCUT2D eigenvalue weighted by atomic mass is 9.86. The van der Waals surface area contributed by atoms with E-state index in [4.69, 9.17) is 21.1 Å². The van der Waals surface area contributed by atoms with Crippen LogP contribution in [-0.2, 0) is 34.3 Å². The van der Waals surface area contributed by atoms with Gasteiger partial charge in [0.15, 0.2) is 11.5 Å². The first-order chi connectivity index (χ1) is 29.9. The van der Waals surface area contributed by atoms with E-state index in [2.05, 4.69) is 58.6 Å². The van der Waals surface area contributed by atoms with Gasteiger partial charge >= 0.3 is 5.69 Å². The molecule has 2 saturated heterocycles. The number of fused-ring (bicyclic) bond motifs is 2. The third-order valence-corrected chi connectivity index (χ3v) is 13.1. The molecule has 8 rings (SSSR count). The zero-order valence-electron chi connectivity index (χ0n) is 36.4. The lowest BCUT2D eigenvalue weighted by Gasteiger charge is -2.38. The summed E-state index contributed by atoms with van der Waals surface area (Å²) in [5.74, 6) is 1.17. The van der Waals surface area contributed by atoms with Crippen molar-refractivity contribution in [1.82, 2.24) is 19.4 Å². The molecule has 4 heterocycles. The van der Waals surface area contributed by atoms with Crippen LogP contribution < -0.4 is 30.3 Å². The van der Waals surface area contributed by atoms with Gasteiger partial charge in [-0.3, -0.25) is 28.8 Å². The van der Waals surface area contributed by atoms with Crippen LogP contribution >= 0.6 is 11.6 Å². The van der Waals surface area contributed by atoms with Gasteiger partial charge in [0.05, 0.1) is 36.7 Å². The zero-order chi connectivity index (χ0) is 43.7. The summed E-state index contributed by atoms with van der Waals surface area (Å²) in [4.78, 5) is 58.3. The number of benzene rings is 4. The second-order valence-electron chi connectivity index (χ2n) is 17.4. The van der Waals surface area contributed by atoms with Gasteiger partial charge in [0.1, 0.15) is 6.04 Å². The van der Waals surface area contributed by atoms with Gasteiger partial charge in [0, 0.05) is 43.5 Å². The van der Waals surface area contributed by atoms with Gasteiger partial charge in [-0.15, -0.1) is 0 Å². The molecule has 0 radical (unpaired) electrons. The number of piperidine rings is 2. The molecule has 3 amide bonds. The molecule has 12 nitrogen and oxygen atoms in total. The number of imidazole rings is 1. The minimum absolute atomic E-state index is 0.0127. The first kappa shape index (κ1) is 43.1. The molecule has 62 heavy (non-hydrogen) atoms. The van der Waals surface area contributed by atoms with Gasteiger partial charge in [0.2, 0.25) is 17.7 Å². The van der Waals surface area contributed by atoms with Crippen LogP contribution in [0.4, 0.5) is 11.4 Å². The van der Waals surface area contributed by atoms with E-state index in [0.717, 1.165) is 97.4 Å². The highest BCUT2D eigenvalue weighted by Gasteiger charge is 2.36. The monoisotopic (exact) mass is 860 g/mol. The molecular weight excluding hydrogens is 804 g/mol. The molecule has 1 unspecified atom stereocenters. The number of aromatic nitrogens is 2. The normalized spacial score (nSPS) is 18.6. The van der Waals surface area contributed by atoms with Crippen molar-refractivity contribution in [2.75, 3.05) is 50.1 Å². The number of likely N-dealkylation sites (tertiary alicyclic amines) is 1. The summed E-state index contributed by atoms with van der Waals surface area (Å²) in [5.41, 5.74) is 7.30. The van der Waals surface area contributed by atoms with Crippen LogP contribution in [0.2, 0.25) is 5.02 Å². The van der Waals surface area contributed by atoms with E-state index in [9.17, 15) is 19.2 Å². The Balaban J connectivity index is 0.851. The van der Waals surface area contributed by atoms with Crippen molar-refractivity contribution in [2.45, 2.75) is 83.4 Å². The average molecular weight is 861 g/mol.